The summed E-state index contributed by atoms with van der Waals surface area (Å²) in [6, 6.07) is 8.59. The van der Waals surface area contributed by atoms with Crippen molar-refractivity contribution < 1.29 is 28.9 Å². The van der Waals surface area contributed by atoms with Crippen molar-refractivity contribution in [2.75, 3.05) is 6.54 Å². The second kappa shape index (κ2) is 9.47. The Hall–Kier alpha value is -4.46. The van der Waals surface area contributed by atoms with Crippen molar-refractivity contribution in [3.05, 3.63) is 73.8 Å². The van der Waals surface area contributed by atoms with E-state index >= 15 is 0 Å². The predicted molar refractivity (Wildman–Crippen MR) is 98.2 cm³/mol. The molecule has 2 aromatic carbocycles. The zero-order chi connectivity index (χ0) is 21.4. The smallest absolute Gasteiger partial charge is 0.429 e. The first-order valence-corrected chi connectivity index (χ1v) is 7.90. The molecule has 0 aliphatic heterocycles. The van der Waals surface area contributed by atoms with Gasteiger partial charge in [0.05, 0.1) is 22.0 Å². The van der Waals surface area contributed by atoms with Crippen LogP contribution in [0.4, 0.5) is 16.2 Å². The number of hydrogen-bond acceptors (Lipinski definition) is 8. The summed E-state index contributed by atoms with van der Waals surface area (Å²) >= 11 is 0. The Morgan fingerprint density at radius 2 is 1.76 bits per heavy atom. The Bertz CT molecular complexity index is 995. The van der Waals surface area contributed by atoms with E-state index in [4.69, 9.17) is 15.9 Å². The van der Waals surface area contributed by atoms with Crippen molar-refractivity contribution >= 4 is 23.4 Å². The summed E-state index contributed by atoms with van der Waals surface area (Å²) in [5, 5.41) is 24.3. The maximum atomic E-state index is 12.0. The Labute approximate surface area is 163 Å². The van der Waals surface area contributed by atoms with Crippen molar-refractivity contribution in [1.29, 1.82) is 0 Å². The lowest BCUT2D eigenvalue weighted by atomic mass is 10.1. The minimum absolute atomic E-state index is 0.0162. The van der Waals surface area contributed by atoms with E-state index < -0.39 is 34.2 Å². The normalized spacial score (nSPS) is 9.76. The van der Waals surface area contributed by atoms with Crippen molar-refractivity contribution in [3.63, 3.8) is 0 Å². The fourth-order valence-electron chi connectivity index (χ4n) is 2.23. The number of non-ortho nitro benzene ring substituents is 1. The maximum absolute atomic E-state index is 12.0. The molecule has 0 heterocycles. The standard InChI is InChI=1S/C18H13N3O8/c1-2-10-19-17(22)15-5-3-4-12(16(15)21(26)27)11-28-18(23)29-14-8-6-13(7-9-14)20(24)25/h1,3-9H,10-11H2,(H,19,22). The van der Waals surface area contributed by atoms with Gasteiger partial charge in [0.15, 0.2) is 0 Å². The molecule has 0 radical (unpaired) electrons. The highest BCUT2D eigenvalue weighted by Gasteiger charge is 2.25. The molecule has 148 valence electrons. The van der Waals surface area contributed by atoms with E-state index in [1.807, 2.05) is 0 Å². The number of amides is 1. The van der Waals surface area contributed by atoms with Gasteiger partial charge in [-0.25, -0.2) is 4.79 Å². The van der Waals surface area contributed by atoms with Gasteiger partial charge in [0.2, 0.25) is 0 Å². The van der Waals surface area contributed by atoms with Crippen molar-refractivity contribution in [2.45, 2.75) is 6.61 Å². The topological polar surface area (TPSA) is 151 Å². The summed E-state index contributed by atoms with van der Waals surface area (Å²) in [5.74, 6) is 1.42. The Balaban J connectivity index is 2.10. The molecular formula is C18H13N3O8. The molecule has 0 aliphatic rings. The molecule has 29 heavy (non-hydrogen) atoms. The van der Waals surface area contributed by atoms with Gasteiger partial charge in [-0.2, -0.15) is 0 Å². The summed E-state index contributed by atoms with van der Waals surface area (Å²) < 4.78 is 9.70. The van der Waals surface area contributed by atoms with E-state index in [1.54, 1.807) is 0 Å². The zero-order valence-corrected chi connectivity index (χ0v) is 14.7. The monoisotopic (exact) mass is 399 g/mol. The second-order valence-electron chi connectivity index (χ2n) is 5.35. The molecule has 0 saturated carbocycles. The molecule has 0 spiro atoms. The van der Waals surface area contributed by atoms with Crippen LogP contribution in [0.2, 0.25) is 0 Å². The number of carbonyl (C=O) groups excluding carboxylic acids is 2. The summed E-state index contributed by atoms with van der Waals surface area (Å²) in [6.07, 6.45) is 3.86. The van der Waals surface area contributed by atoms with Crippen LogP contribution >= 0.6 is 0 Å². The number of nitrogens with zero attached hydrogens (tertiary/aromatic N) is 2. The van der Waals surface area contributed by atoms with Gasteiger partial charge in [-0.3, -0.25) is 25.0 Å². The third-order valence-corrected chi connectivity index (χ3v) is 3.49. The number of nitro benzene ring substituents is 2. The molecule has 0 aliphatic carbocycles. The van der Waals surface area contributed by atoms with Crippen LogP contribution in [-0.4, -0.2) is 28.5 Å². The summed E-state index contributed by atoms with van der Waals surface area (Å²) in [7, 11) is 0. The molecule has 2 rings (SSSR count). The quantitative estimate of drug-likeness (QED) is 0.245. The number of hydrogen-bond donors (Lipinski definition) is 1. The largest absolute Gasteiger partial charge is 0.514 e. The first-order valence-electron chi connectivity index (χ1n) is 7.90. The van der Waals surface area contributed by atoms with Crippen LogP contribution in [0.1, 0.15) is 15.9 Å². The van der Waals surface area contributed by atoms with Crippen LogP contribution in [-0.2, 0) is 11.3 Å². The third kappa shape index (κ3) is 5.51. The first-order chi connectivity index (χ1) is 13.8. The number of benzene rings is 2. The molecule has 1 N–H and O–H groups in total. The Morgan fingerprint density at radius 1 is 1.07 bits per heavy atom. The number of nitrogens with one attached hydrogen (secondary N) is 1. The summed E-state index contributed by atoms with van der Waals surface area (Å²) in [5.41, 5.74) is -1.01. The van der Waals surface area contributed by atoms with Gasteiger partial charge < -0.3 is 14.8 Å². The zero-order valence-electron chi connectivity index (χ0n) is 14.7. The number of nitro groups is 2. The van der Waals surface area contributed by atoms with E-state index in [-0.39, 0.29) is 29.1 Å². The second-order valence-corrected chi connectivity index (χ2v) is 5.35. The molecule has 1 amide bonds. The lowest BCUT2D eigenvalue weighted by Crippen LogP contribution is -2.24. The average Bonchev–Trinajstić information content (AvgIpc) is 2.70. The molecule has 0 atom stereocenters. The highest BCUT2D eigenvalue weighted by Crippen LogP contribution is 2.25. The highest BCUT2D eigenvalue weighted by atomic mass is 16.7. The van der Waals surface area contributed by atoms with Crippen molar-refractivity contribution in [3.8, 4) is 18.1 Å². The van der Waals surface area contributed by atoms with Gasteiger partial charge in [0.1, 0.15) is 17.9 Å². The highest BCUT2D eigenvalue weighted by molar-refractivity contribution is 5.98. The van der Waals surface area contributed by atoms with E-state index in [0.717, 1.165) is 12.1 Å². The fourth-order valence-corrected chi connectivity index (χ4v) is 2.23. The van der Waals surface area contributed by atoms with Crippen LogP contribution in [0.5, 0.6) is 5.75 Å². The van der Waals surface area contributed by atoms with Crippen LogP contribution in [0.15, 0.2) is 42.5 Å². The lowest BCUT2D eigenvalue weighted by molar-refractivity contribution is -0.386. The van der Waals surface area contributed by atoms with Crippen LogP contribution in [0.3, 0.4) is 0 Å². The van der Waals surface area contributed by atoms with Crippen LogP contribution < -0.4 is 10.1 Å². The van der Waals surface area contributed by atoms with Gasteiger partial charge >= 0.3 is 6.16 Å². The molecule has 0 bridgehead atoms. The summed E-state index contributed by atoms with van der Waals surface area (Å²) in [4.78, 5) is 44.4. The Kier molecular flexibility index (Phi) is 6.81. The molecule has 0 saturated heterocycles. The van der Waals surface area contributed by atoms with E-state index in [1.165, 1.54) is 30.3 Å². The maximum Gasteiger partial charge on any atom is 0.514 e. The van der Waals surface area contributed by atoms with E-state index in [2.05, 4.69) is 11.2 Å². The van der Waals surface area contributed by atoms with Crippen molar-refractivity contribution in [1.82, 2.24) is 5.32 Å². The van der Waals surface area contributed by atoms with Gasteiger partial charge in [-0.15, -0.1) is 6.42 Å². The first kappa shape index (κ1) is 20.8. The lowest BCUT2D eigenvalue weighted by Gasteiger charge is -2.09. The van der Waals surface area contributed by atoms with Gasteiger partial charge in [0, 0.05) is 12.1 Å². The average molecular weight is 399 g/mol. The SMILES string of the molecule is C#CCNC(=O)c1cccc(COC(=O)Oc2ccc([N+](=O)[O-])cc2)c1[N+](=O)[O-]. The number of terminal acetylenes is 1. The minimum Gasteiger partial charge on any atom is -0.429 e. The number of carbonyl (C=O) groups is 2. The minimum atomic E-state index is -1.18. The Morgan fingerprint density at radius 3 is 2.34 bits per heavy atom. The number of ether oxygens (including phenoxy) is 2. The van der Waals surface area contributed by atoms with Gasteiger partial charge in [0.25, 0.3) is 17.3 Å². The van der Waals surface area contributed by atoms with E-state index in [9.17, 15) is 29.8 Å². The molecule has 2 aromatic rings. The fraction of sp³-hybridized carbons (Fsp3) is 0.111. The number of para-hydroxylation sites is 1. The summed E-state index contributed by atoms with van der Waals surface area (Å²) in [6.45, 7) is -0.656. The molecule has 11 heteroatoms. The number of rotatable bonds is 7. The molecule has 11 nitrogen and oxygen atoms in total. The third-order valence-electron chi connectivity index (χ3n) is 3.49. The van der Waals surface area contributed by atoms with Crippen LogP contribution in [0, 0.1) is 32.6 Å². The van der Waals surface area contributed by atoms with Gasteiger partial charge in [-0.05, 0) is 24.3 Å². The van der Waals surface area contributed by atoms with E-state index in [0.29, 0.717) is 0 Å². The molecule has 0 unspecified atom stereocenters. The molecular weight excluding hydrogens is 386 g/mol. The molecule has 0 fully saturated rings. The van der Waals surface area contributed by atoms with Crippen molar-refractivity contribution in [2.24, 2.45) is 0 Å². The van der Waals surface area contributed by atoms with Gasteiger partial charge in [-0.1, -0.05) is 12.0 Å². The molecule has 0 aromatic heterocycles. The van der Waals surface area contributed by atoms with Crippen LogP contribution in [0.25, 0.3) is 0 Å². The predicted octanol–water partition coefficient (Wildman–Crippen LogP) is 2.58.